The van der Waals surface area contributed by atoms with Crippen molar-refractivity contribution in [3.05, 3.63) is 24.4 Å². The van der Waals surface area contributed by atoms with Gasteiger partial charge in [0.25, 0.3) is 0 Å². The lowest BCUT2D eigenvalue weighted by Gasteiger charge is -2.07. The van der Waals surface area contributed by atoms with E-state index >= 15 is 0 Å². The van der Waals surface area contributed by atoms with E-state index in [0.717, 1.165) is 56.3 Å². The summed E-state index contributed by atoms with van der Waals surface area (Å²) in [5, 5.41) is 12.0. The van der Waals surface area contributed by atoms with E-state index in [-0.39, 0.29) is 0 Å². The first-order valence-corrected chi connectivity index (χ1v) is 14.3. The molecule has 0 aliphatic carbocycles. The molecular formula is C28H51N6. The minimum atomic E-state index is 0.974. The number of hydrogen-bond acceptors (Lipinski definition) is 4. The van der Waals surface area contributed by atoms with Crippen LogP contribution in [0.2, 0.25) is 0 Å². The van der Waals surface area contributed by atoms with E-state index in [0.29, 0.717) is 0 Å². The third kappa shape index (κ3) is 12.7. The van der Waals surface area contributed by atoms with Crippen molar-refractivity contribution in [3.8, 4) is 0 Å². The monoisotopic (exact) mass is 471 g/mol. The molecule has 0 spiro atoms. The van der Waals surface area contributed by atoms with Crippen LogP contribution in [0, 0.1) is 0 Å². The summed E-state index contributed by atoms with van der Waals surface area (Å²) in [6, 6.07) is 0. The Morgan fingerprint density at radius 3 is 1.88 bits per heavy atom. The van der Waals surface area contributed by atoms with Gasteiger partial charge in [-0.1, -0.05) is 65.2 Å². The van der Waals surface area contributed by atoms with Crippen LogP contribution in [0.25, 0.3) is 5.82 Å². The average molecular weight is 472 g/mol. The quantitative estimate of drug-likeness (QED) is 0.179. The van der Waals surface area contributed by atoms with Gasteiger partial charge in [-0.2, -0.15) is 0 Å². The third-order valence-electron chi connectivity index (χ3n) is 6.44. The Labute approximate surface area is 209 Å². The molecule has 1 aromatic heterocycles. The second-order valence-corrected chi connectivity index (χ2v) is 9.62. The van der Waals surface area contributed by atoms with Gasteiger partial charge >= 0.3 is 0 Å². The molecule has 0 aromatic carbocycles. The first kappa shape index (κ1) is 28.6. The van der Waals surface area contributed by atoms with Crippen LogP contribution in [0.15, 0.2) is 29.4 Å². The molecule has 1 radical (unpaired) electrons. The number of unbranched alkanes of at least 4 members (excludes halogenated alkanes) is 10. The summed E-state index contributed by atoms with van der Waals surface area (Å²) in [4.78, 5) is 9.14. The van der Waals surface area contributed by atoms with Gasteiger partial charge in [0.15, 0.2) is 5.82 Å². The Balaban J connectivity index is 1.59. The average Bonchev–Trinajstić information content (AvgIpc) is 3.51. The molecule has 193 valence electrons. The summed E-state index contributed by atoms with van der Waals surface area (Å²) in [7, 11) is 0. The Bertz CT molecular complexity index is 664. The summed E-state index contributed by atoms with van der Waals surface area (Å²) < 4.78 is 2.02. The van der Waals surface area contributed by atoms with Crippen molar-refractivity contribution in [1.29, 1.82) is 0 Å². The van der Waals surface area contributed by atoms with Crippen LogP contribution in [0.4, 0.5) is 0 Å². The first-order chi connectivity index (χ1) is 16.8. The minimum absolute atomic E-state index is 0.974. The molecule has 34 heavy (non-hydrogen) atoms. The van der Waals surface area contributed by atoms with Crippen LogP contribution in [-0.2, 0) is 0 Å². The SMILES string of the molecule is CCCCCCNCCCCCCC1=C(n2ccnc2)[N]C(CCCCCNCCCCC)=N1. The molecule has 0 saturated heterocycles. The minimum Gasteiger partial charge on any atom is -0.317 e. The number of imidazole rings is 1. The molecule has 0 saturated carbocycles. The fourth-order valence-corrected chi connectivity index (χ4v) is 4.32. The van der Waals surface area contributed by atoms with Crippen LogP contribution in [0.1, 0.15) is 117 Å². The number of aliphatic imine (C=N–C) groups is 1. The number of nitrogens with zero attached hydrogens (tertiary/aromatic N) is 4. The number of rotatable bonds is 23. The normalized spacial score (nSPS) is 13.5. The number of hydrogen-bond donors (Lipinski definition) is 2. The van der Waals surface area contributed by atoms with Gasteiger partial charge in [-0.05, 0) is 71.1 Å². The highest BCUT2D eigenvalue weighted by atomic mass is 15.2. The van der Waals surface area contributed by atoms with Gasteiger partial charge in [0.05, 0.1) is 5.70 Å². The van der Waals surface area contributed by atoms with E-state index in [2.05, 4.69) is 29.5 Å². The van der Waals surface area contributed by atoms with Gasteiger partial charge in [-0.25, -0.2) is 15.3 Å². The van der Waals surface area contributed by atoms with Crippen molar-refractivity contribution in [2.45, 2.75) is 117 Å². The predicted molar refractivity (Wildman–Crippen MR) is 146 cm³/mol. The van der Waals surface area contributed by atoms with Crippen LogP contribution < -0.4 is 16.0 Å². The van der Waals surface area contributed by atoms with Gasteiger partial charge in [-0.3, -0.25) is 4.57 Å². The maximum atomic E-state index is 4.93. The van der Waals surface area contributed by atoms with Crippen LogP contribution >= 0.6 is 0 Å². The topological polar surface area (TPSA) is 68.3 Å². The molecule has 1 aliphatic rings. The van der Waals surface area contributed by atoms with Crippen molar-refractivity contribution in [2.24, 2.45) is 4.99 Å². The lowest BCUT2D eigenvalue weighted by molar-refractivity contribution is 0.559. The van der Waals surface area contributed by atoms with E-state index in [1.165, 1.54) is 90.0 Å². The van der Waals surface area contributed by atoms with Crippen molar-refractivity contribution in [1.82, 2.24) is 25.5 Å². The zero-order valence-electron chi connectivity index (χ0n) is 22.2. The van der Waals surface area contributed by atoms with Crippen molar-refractivity contribution in [3.63, 3.8) is 0 Å². The second kappa shape index (κ2) is 19.6. The van der Waals surface area contributed by atoms with Crippen molar-refractivity contribution in [2.75, 3.05) is 26.2 Å². The zero-order valence-corrected chi connectivity index (χ0v) is 22.2. The molecule has 6 heteroatoms. The van der Waals surface area contributed by atoms with E-state index in [9.17, 15) is 0 Å². The molecule has 0 bridgehead atoms. The smallest absolute Gasteiger partial charge is 0.161 e. The highest BCUT2D eigenvalue weighted by molar-refractivity contribution is 5.92. The molecule has 6 nitrogen and oxygen atoms in total. The second-order valence-electron chi connectivity index (χ2n) is 9.62. The molecule has 2 N–H and O–H groups in total. The van der Waals surface area contributed by atoms with E-state index < -0.39 is 0 Å². The van der Waals surface area contributed by atoms with Gasteiger partial charge < -0.3 is 10.6 Å². The Morgan fingerprint density at radius 1 is 0.676 bits per heavy atom. The van der Waals surface area contributed by atoms with Crippen LogP contribution in [0.5, 0.6) is 0 Å². The molecule has 1 aromatic rings. The van der Waals surface area contributed by atoms with Gasteiger partial charge in [0, 0.05) is 18.8 Å². The molecule has 0 atom stereocenters. The fourth-order valence-electron chi connectivity index (χ4n) is 4.32. The predicted octanol–water partition coefficient (Wildman–Crippen LogP) is 6.49. The Hall–Kier alpha value is -1.66. The number of amidine groups is 1. The summed E-state index contributed by atoms with van der Waals surface area (Å²) in [5.74, 6) is 1.99. The standard InChI is InChI=1S/C28H51N6/c1-3-5-7-14-20-30-21-15-9-8-11-17-26-28(34-24-23-31-25-34)33-27(32-26)18-12-10-16-22-29-19-13-6-4-2/h23-25,29-30H,3-22H2,1-2H3. The number of allylic oxidation sites excluding steroid dienone is 1. The van der Waals surface area contributed by atoms with Gasteiger partial charge in [-0.15, -0.1) is 0 Å². The fraction of sp³-hybridized carbons (Fsp3) is 0.786. The summed E-state index contributed by atoms with van der Waals surface area (Å²) in [5.41, 5.74) is 1.14. The first-order valence-electron chi connectivity index (χ1n) is 14.3. The molecule has 0 fully saturated rings. The number of aromatic nitrogens is 2. The van der Waals surface area contributed by atoms with Gasteiger partial charge in [0.1, 0.15) is 12.2 Å². The van der Waals surface area contributed by atoms with Gasteiger partial charge in [0.2, 0.25) is 0 Å². The summed E-state index contributed by atoms with van der Waals surface area (Å²) in [6.07, 6.45) is 25.5. The number of nitrogens with one attached hydrogen (secondary N) is 2. The third-order valence-corrected chi connectivity index (χ3v) is 6.44. The van der Waals surface area contributed by atoms with Crippen LogP contribution in [0.3, 0.4) is 0 Å². The molecule has 2 rings (SSSR count). The zero-order chi connectivity index (χ0) is 24.1. The highest BCUT2D eigenvalue weighted by Gasteiger charge is 2.20. The maximum Gasteiger partial charge on any atom is 0.161 e. The summed E-state index contributed by atoms with van der Waals surface area (Å²) in [6.45, 7) is 9.14. The molecular weight excluding hydrogens is 420 g/mol. The van der Waals surface area contributed by atoms with E-state index in [1.54, 1.807) is 0 Å². The van der Waals surface area contributed by atoms with Crippen molar-refractivity contribution < 1.29 is 0 Å². The summed E-state index contributed by atoms with van der Waals surface area (Å²) >= 11 is 0. The van der Waals surface area contributed by atoms with E-state index in [4.69, 9.17) is 10.3 Å². The Morgan fingerprint density at radius 2 is 1.24 bits per heavy atom. The lowest BCUT2D eigenvalue weighted by atomic mass is 10.1. The maximum absolute atomic E-state index is 4.93. The largest absolute Gasteiger partial charge is 0.317 e. The highest BCUT2D eigenvalue weighted by Crippen LogP contribution is 2.24. The lowest BCUT2D eigenvalue weighted by Crippen LogP contribution is -2.17. The molecule has 1 aliphatic heterocycles. The van der Waals surface area contributed by atoms with Crippen LogP contribution in [-0.4, -0.2) is 41.6 Å². The Kier molecular flexibility index (Phi) is 16.5. The van der Waals surface area contributed by atoms with E-state index in [1.807, 2.05) is 23.3 Å². The molecule has 0 amide bonds. The molecule has 0 unspecified atom stereocenters. The van der Waals surface area contributed by atoms with Crippen molar-refractivity contribution >= 4 is 11.7 Å². The molecule has 2 heterocycles.